The molecule has 1 nitrogen and oxygen atoms in total. The highest BCUT2D eigenvalue weighted by molar-refractivity contribution is 4.61. The number of hydrogen-bond acceptors (Lipinski definition) is 0. The fraction of sp³-hybridized carbons (Fsp3) is 1.00. The lowest BCUT2D eigenvalue weighted by Gasteiger charge is -2.06. The van der Waals surface area contributed by atoms with Crippen molar-refractivity contribution in [3.8, 4) is 0 Å². The summed E-state index contributed by atoms with van der Waals surface area (Å²) < 4.78 is 0. The van der Waals surface area contributed by atoms with Crippen LogP contribution in [0.2, 0.25) is 0 Å². The molecular weight excluding hydrogens is 261 g/mol. The van der Waals surface area contributed by atoms with Crippen LogP contribution in [-0.4, -0.2) is 20.1 Å². The fourth-order valence-corrected chi connectivity index (χ4v) is 2.08. The monoisotopic (exact) mass is 283 g/mol. The summed E-state index contributed by atoms with van der Waals surface area (Å²) in [6.45, 7) is 5.13. The third kappa shape index (κ3) is 4.65. The van der Waals surface area contributed by atoms with Gasteiger partial charge in [0.05, 0.1) is 20.1 Å². The molecule has 2 unspecified atom stereocenters. The summed E-state index contributed by atoms with van der Waals surface area (Å²) in [5.41, 5.74) is 0. The number of halogens is 1. The second-order valence-corrected chi connectivity index (χ2v) is 4.06. The zero-order valence-electron chi connectivity index (χ0n) is 8.41. The molecule has 0 saturated carbocycles. The van der Waals surface area contributed by atoms with E-state index in [1.165, 1.54) is 45.2 Å². The highest BCUT2D eigenvalue weighted by Crippen LogP contribution is 2.13. The average molecular weight is 283 g/mol. The van der Waals surface area contributed by atoms with Gasteiger partial charge in [-0.15, -0.1) is 0 Å². The fourth-order valence-electron chi connectivity index (χ4n) is 2.08. The van der Waals surface area contributed by atoms with E-state index in [2.05, 4.69) is 14.0 Å². The van der Waals surface area contributed by atoms with Gasteiger partial charge < -0.3 is 28.9 Å². The first-order valence-corrected chi connectivity index (χ1v) is 5.14. The summed E-state index contributed by atoms with van der Waals surface area (Å²) in [5, 5.41) is 0. The van der Waals surface area contributed by atoms with Gasteiger partial charge in [-0.05, 0) is 6.42 Å². The number of hydrogen-bond donors (Lipinski definition) is 1. The van der Waals surface area contributed by atoms with Gasteiger partial charge >= 0.3 is 0 Å². The highest BCUT2D eigenvalue weighted by atomic mass is 127. The second kappa shape index (κ2) is 7.13. The second-order valence-electron chi connectivity index (χ2n) is 4.06. The Balaban J connectivity index is 0.00000121. The van der Waals surface area contributed by atoms with Crippen LogP contribution in [0.3, 0.4) is 0 Å². The molecule has 1 aliphatic heterocycles. The van der Waals surface area contributed by atoms with Crippen LogP contribution in [0.4, 0.5) is 0 Å². The quantitative estimate of drug-likeness (QED) is 0.454. The molecule has 0 aromatic rings. The van der Waals surface area contributed by atoms with E-state index in [-0.39, 0.29) is 24.0 Å². The lowest BCUT2D eigenvalue weighted by atomic mass is 10.0. The normalized spacial score (nSPS) is 28.5. The third-order valence-corrected chi connectivity index (χ3v) is 2.83. The molecule has 0 aliphatic carbocycles. The molecule has 2 atom stereocenters. The molecule has 1 N–H and O–H groups in total. The van der Waals surface area contributed by atoms with E-state index in [1.54, 1.807) is 4.90 Å². The van der Waals surface area contributed by atoms with Gasteiger partial charge in [0.15, 0.2) is 0 Å². The minimum atomic E-state index is 0. The van der Waals surface area contributed by atoms with Crippen molar-refractivity contribution in [3.05, 3.63) is 0 Å². The minimum Gasteiger partial charge on any atom is -1.00 e. The molecule has 0 spiro atoms. The summed E-state index contributed by atoms with van der Waals surface area (Å²) >= 11 is 0. The van der Waals surface area contributed by atoms with Crippen LogP contribution in [0.5, 0.6) is 0 Å². The number of rotatable bonds is 4. The number of unbranched alkanes of at least 4 members (excludes halogenated alkanes) is 2. The van der Waals surface area contributed by atoms with Gasteiger partial charge in [0.25, 0.3) is 0 Å². The number of nitrogens with one attached hydrogen (secondary N) is 1. The lowest BCUT2D eigenvalue weighted by molar-refractivity contribution is -0.867. The molecule has 0 radical (unpaired) electrons. The summed E-state index contributed by atoms with van der Waals surface area (Å²) in [7, 11) is 2.32. The molecule has 0 aromatic carbocycles. The van der Waals surface area contributed by atoms with E-state index >= 15 is 0 Å². The van der Waals surface area contributed by atoms with E-state index in [9.17, 15) is 0 Å². The zero-order chi connectivity index (χ0) is 8.10. The zero-order valence-corrected chi connectivity index (χ0v) is 10.6. The smallest absolute Gasteiger partial charge is 0.0799 e. The van der Waals surface area contributed by atoms with Crippen molar-refractivity contribution in [1.82, 2.24) is 0 Å². The van der Waals surface area contributed by atoms with Crippen molar-refractivity contribution in [2.24, 2.45) is 5.92 Å². The van der Waals surface area contributed by atoms with Gasteiger partial charge in [-0.2, -0.15) is 0 Å². The Hall–Kier alpha value is 0.690. The van der Waals surface area contributed by atoms with E-state index in [0.29, 0.717) is 0 Å². The average Bonchev–Trinajstić information content (AvgIpc) is 2.37. The lowest BCUT2D eigenvalue weighted by Crippen LogP contribution is -3.07. The molecule has 0 aromatic heterocycles. The topological polar surface area (TPSA) is 4.44 Å². The molecule has 2 heteroatoms. The molecule has 1 rings (SSSR count). The van der Waals surface area contributed by atoms with Crippen molar-refractivity contribution in [1.29, 1.82) is 0 Å². The molecule has 1 aliphatic rings. The first-order chi connectivity index (χ1) is 5.33. The maximum absolute atomic E-state index is 2.32. The van der Waals surface area contributed by atoms with Gasteiger partial charge in [-0.25, -0.2) is 0 Å². The van der Waals surface area contributed by atoms with E-state index in [4.69, 9.17) is 0 Å². The molecule has 0 bridgehead atoms. The van der Waals surface area contributed by atoms with E-state index < -0.39 is 0 Å². The van der Waals surface area contributed by atoms with Gasteiger partial charge in [0.2, 0.25) is 0 Å². The van der Waals surface area contributed by atoms with Crippen LogP contribution in [0, 0.1) is 5.92 Å². The molecule has 12 heavy (non-hydrogen) atoms. The van der Waals surface area contributed by atoms with Gasteiger partial charge in [0.1, 0.15) is 0 Å². The van der Waals surface area contributed by atoms with Crippen molar-refractivity contribution >= 4 is 0 Å². The van der Waals surface area contributed by atoms with Crippen LogP contribution >= 0.6 is 0 Å². The van der Waals surface area contributed by atoms with Crippen molar-refractivity contribution < 1.29 is 28.9 Å². The minimum absolute atomic E-state index is 0. The predicted molar refractivity (Wildman–Crippen MR) is 48.9 cm³/mol. The van der Waals surface area contributed by atoms with E-state index in [1.807, 2.05) is 0 Å². The van der Waals surface area contributed by atoms with Crippen LogP contribution < -0.4 is 28.9 Å². The number of likely N-dealkylation sites (tertiary alicyclic amines) is 1. The number of quaternary nitrogens is 1. The van der Waals surface area contributed by atoms with Crippen molar-refractivity contribution in [2.75, 3.05) is 20.1 Å². The molecule has 1 saturated heterocycles. The Morgan fingerprint density at radius 1 is 1.33 bits per heavy atom. The SMILES string of the molecule is CCCCCC1CC[NH+](C)C1.[I-]. The Labute approximate surface area is 93.9 Å². The first kappa shape index (κ1) is 12.7. The summed E-state index contributed by atoms with van der Waals surface area (Å²) in [5.74, 6) is 1.06. The van der Waals surface area contributed by atoms with Gasteiger partial charge in [-0.3, -0.25) is 0 Å². The third-order valence-electron chi connectivity index (χ3n) is 2.83. The molecule has 1 heterocycles. The van der Waals surface area contributed by atoms with Gasteiger partial charge in [-0.1, -0.05) is 26.2 Å². The summed E-state index contributed by atoms with van der Waals surface area (Å²) in [6, 6.07) is 0. The predicted octanol–water partition coefficient (Wildman–Crippen LogP) is -1.89. The van der Waals surface area contributed by atoms with Crippen LogP contribution in [0.15, 0.2) is 0 Å². The maximum atomic E-state index is 2.32. The van der Waals surface area contributed by atoms with Crippen LogP contribution in [-0.2, 0) is 0 Å². The molecule has 0 amide bonds. The standard InChI is InChI=1S/C10H21N.HI/c1-3-4-5-6-10-7-8-11(2)9-10;/h10H,3-9H2,1-2H3;1H. The Bertz CT molecular complexity index is 106. The molecule has 1 fully saturated rings. The summed E-state index contributed by atoms with van der Waals surface area (Å²) in [4.78, 5) is 1.74. The van der Waals surface area contributed by atoms with Crippen LogP contribution in [0.1, 0.15) is 39.0 Å². The van der Waals surface area contributed by atoms with Crippen LogP contribution in [0.25, 0.3) is 0 Å². The first-order valence-electron chi connectivity index (χ1n) is 5.14. The largest absolute Gasteiger partial charge is 1.00 e. The summed E-state index contributed by atoms with van der Waals surface area (Å²) in [6.07, 6.45) is 7.25. The van der Waals surface area contributed by atoms with Gasteiger partial charge in [0, 0.05) is 12.3 Å². The highest BCUT2D eigenvalue weighted by Gasteiger charge is 2.21. The molecule has 74 valence electrons. The molecular formula is C10H22IN. The maximum Gasteiger partial charge on any atom is 0.0799 e. The Morgan fingerprint density at radius 2 is 2.08 bits per heavy atom. The van der Waals surface area contributed by atoms with Crippen molar-refractivity contribution in [2.45, 2.75) is 39.0 Å². The van der Waals surface area contributed by atoms with Crippen molar-refractivity contribution in [3.63, 3.8) is 0 Å². The Morgan fingerprint density at radius 3 is 2.58 bits per heavy atom. The Kier molecular flexibility index (Phi) is 7.54. The van der Waals surface area contributed by atoms with E-state index in [0.717, 1.165) is 5.92 Å².